The van der Waals surface area contributed by atoms with Gasteiger partial charge in [-0.1, -0.05) is 55.0 Å². The number of hydrogen-bond donors (Lipinski definition) is 0. The van der Waals surface area contributed by atoms with Gasteiger partial charge in [0.2, 0.25) is 5.89 Å². The van der Waals surface area contributed by atoms with Crippen LogP contribution in [0.4, 0.5) is 0 Å². The highest BCUT2D eigenvalue weighted by Gasteiger charge is 2.23. The van der Waals surface area contributed by atoms with Crippen molar-refractivity contribution in [2.45, 2.75) is 37.1 Å². The predicted octanol–water partition coefficient (Wildman–Crippen LogP) is 5.36. The van der Waals surface area contributed by atoms with Crippen molar-refractivity contribution in [3.8, 4) is 16.4 Å². The molecule has 0 saturated heterocycles. The van der Waals surface area contributed by atoms with Crippen molar-refractivity contribution in [2.24, 2.45) is 0 Å². The Balaban J connectivity index is 1.70. The molecule has 0 radical (unpaired) electrons. The molecule has 0 N–H and O–H groups in total. The summed E-state index contributed by atoms with van der Waals surface area (Å²) in [4.78, 5) is 5.59. The van der Waals surface area contributed by atoms with E-state index in [1.807, 2.05) is 50.4 Å². The Kier molecular flexibility index (Phi) is 5.09. The van der Waals surface area contributed by atoms with Crippen LogP contribution in [0.5, 0.6) is 0 Å². The van der Waals surface area contributed by atoms with Crippen LogP contribution in [0, 0.1) is 0 Å². The van der Waals surface area contributed by atoms with Crippen molar-refractivity contribution in [3.63, 3.8) is 0 Å². The Morgan fingerprint density at radius 3 is 2.52 bits per heavy atom. The van der Waals surface area contributed by atoms with Gasteiger partial charge in [-0.25, -0.2) is 0 Å². The molecule has 6 nitrogen and oxygen atoms in total. The van der Waals surface area contributed by atoms with Crippen LogP contribution in [-0.2, 0) is 0 Å². The molecule has 3 aromatic heterocycles. The summed E-state index contributed by atoms with van der Waals surface area (Å²) in [6.07, 6.45) is 0. The zero-order valence-corrected chi connectivity index (χ0v) is 16.9. The van der Waals surface area contributed by atoms with Crippen molar-refractivity contribution in [2.75, 3.05) is 0 Å². The second-order valence-electron chi connectivity index (χ2n) is 6.36. The van der Waals surface area contributed by atoms with Gasteiger partial charge in [-0.3, -0.25) is 4.57 Å². The van der Waals surface area contributed by atoms with Gasteiger partial charge in [-0.2, -0.15) is 4.98 Å². The number of para-hydroxylation sites is 1. The maximum atomic E-state index is 5.45. The summed E-state index contributed by atoms with van der Waals surface area (Å²) in [5.41, 5.74) is 1.02. The maximum Gasteiger partial charge on any atom is 0.239 e. The van der Waals surface area contributed by atoms with E-state index in [1.54, 1.807) is 23.1 Å². The smallest absolute Gasteiger partial charge is 0.239 e. The first-order chi connectivity index (χ1) is 13.1. The van der Waals surface area contributed by atoms with Gasteiger partial charge in [0.05, 0.1) is 10.1 Å². The molecule has 0 aliphatic carbocycles. The lowest BCUT2D eigenvalue weighted by atomic mass is 10.2. The first-order valence-electron chi connectivity index (χ1n) is 8.68. The molecular formula is C19H19N5OS2. The Morgan fingerprint density at radius 2 is 1.85 bits per heavy atom. The third kappa shape index (κ3) is 3.68. The predicted molar refractivity (Wildman–Crippen MR) is 107 cm³/mol. The Hall–Kier alpha value is -2.45. The van der Waals surface area contributed by atoms with E-state index < -0.39 is 0 Å². The van der Waals surface area contributed by atoms with Crippen LogP contribution in [0.1, 0.15) is 43.7 Å². The SMILES string of the molecule is CC(C)c1noc([C@@H](C)Sc2nnc(-c3cccs3)n2-c2ccccc2)n1. The molecule has 1 atom stereocenters. The minimum absolute atomic E-state index is 0.0344. The highest BCUT2D eigenvalue weighted by Crippen LogP contribution is 2.37. The normalized spacial score (nSPS) is 12.6. The monoisotopic (exact) mass is 397 g/mol. The van der Waals surface area contributed by atoms with E-state index in [0.717, 1.165) is 27.4 Å². The highest BCUT2D eigenvalue weighted by molar-refractivity contribution is 7.99. The molecule has 3 heterocycles. The summed E-state index contributed by atoms with van der Waals surface area (Å²) in [6, 6.07) is 14.2. The van der Waals surface area contributed by atoms with Crippen molar-refractivity contribution in [1.29, 1.82) is 0 Å². The molecule has 0 saturated carbocycles. The standard InChI is InChI=1S/C19H19N5OS2/c1-12(2)16-20-18(25-23-16)13(3)27-19-22-21-17(15-10-7-11-26-15)24(19)14-8-5-4-6-9-14/h4-13H,1-3H3/t13-/m1/s1. The molecule has 138 valence electrons. The van der Waals surface area contributed by atoms with E-state index >= 15 is 0 Å². The van der Waals surface area contributed by atoms with Crippen LogP contribution in [-0.4, -0.2) is 24.9 Å². The van der Waals surface area contributed by atoms with Gasteiger partial charge in [0.15, 0.2) is 16.8 Å². The Labute approximate surface area is 165 Å². The third-order valence-electron chi connectivity index (χ3n) is 3.99. The maximum absolute atomic E-state index is 5.45. The summed E-state index contributed by atoms with van der Waals surface area (Å²) >= 11 is 3.21. The average Bonchev–Trinajstić information content (AvgIpc) is 3.42. The molecule has 0 spiro atoms. The summed E-state index contributed by atoms with van der Waals surface area (Å²) in [6.45, 7) is 6.13. The highest BCUT2D eigenvalue weighted by atomic mass is 32.2. The molecule has 8 heteroatoms. The van der Waals surface area contributed by atoms with Crippen LogP contribution < -0.4 is 0 Å². The number of rotatable bonds is 6. The van der Waals surface area contributed by atoms with Crippen molar-refractivity contribution >= 4 is 23.1 Å². The summed E-state index contributed by atoms with van der Waals surface area (Å²) in [7, 11) is 0. The van der Waals surface area contributed by atoms with E-state index in [-0.39, 0.29) is 11.2 Å². The van der Waals surface area contributed by atoms with E-state index in [2.05, 4.69) is 43.1 Å². The Bertz CT molecular complexity index is 1010. The van der Waals surface area contributed by atoms with E-state index in [0.29, 0.717) is 5.89 Å². The Morgan fingerprint density at radius 1 is 1.04 bits per heavy atom. The molecule has 1 aromatic carbocycles. The van der Waals surface area contributed by atoms with Crippen LogP contribution in [0.25, 0.3) is 16.4 Å². The molecule has 4 rings (SSSR count). The molecule has 0 amide bonds. The number of aromatic nitrogens is 5. The van der Waals surface area contributed by atoms with Gasteiger partial charge in [-0.15, -0.1) is 21.5 Å². The lowest BCUT2D eigenvalue weighted by molar-refractivity contribution is 0.373. The zero-order chi connectivity index (χ0) is 18.8. The minimum atomic E-state index is -0.0344. The van der Waals surface area contributed by atoms with Crippen molar-refractivity contribution in [1.82, 2.24) is 24.9 Å². The first kappa shape index (κ1) is 17.9. The summed E-state index contributed by atoms with van der Waals surface area (Å²) < 4.78 is 7.52. The van der Waals surface area contributed by atoms with Crippen LogP contribution in [0.3, 0.4) is 0 Å². The van der Waals surface area contributed by atoms with Crippen LogP contribution in [0.2, 0.25) is 0 Å². The number of thiophene rings is 1. The topological polar surface area (TPSA) is 69.6 Å². The van der Waals surface area contributed by atoms with Gasteiger partial charge in [0.25, 0.3) is 0 Å². The molecule has 0 unspecified atom stereocenters. The molecule has 0 bridgehead atoms. The summed E-state index contributed by atoms with van der Waals surface area (Å²) in [5.74, 6) is 2.39. The third-order valence-corrected chi connectivity index (χ3v) is 5.89. The van der Waals surface area contributed by atoms with Gasteiger partial charge in [-0.05, 0) is 30.5 Å². The molecule has 0 fully saturated rings. The fourth-order valence-corrected chi connectivity index (χ4v) is 4.17. The second kappa shape index (κ2) is 7.66. The van der Waals surface area contributed by atoms with Gasteiger partial charge in [0.1, 0.15) is 0 Å². The minimum Gasteiger partial charge on any atom is -0.338 e. The molecular weight excluding hydrogens is 378 g/mol. The number of benzene rings is 1. The molecule has 27 heavy (non-hydrogen) atoms. The quantitative estimate of drug-likeness (QED) is 0.408. The van der Waals surface area contributed by atoms with Gasteiger partial charge in [0, 0.05) is 11.6 Å². The van der Waals surface area contributed by atoms with Crippen molar-refractivity contribution < 1.29 is 4.52 Å². The number of hydrogen-bond acceptors (Lipinski definition) is 7. The largest absolute Gasteiger partial charge is 0.338 e. The van der Waals surface area contributed by atoms with Crippen LogP contribution in [0.15, 0.2) is 57.5 Å². The van der Waals surface area contributed by atoms with Gasteiger partial charge < -0.3 is 4.52 Å². The zero-order valence-electron chi connectivity index (χ0n) is 15.2. The van der Waals surface area contributed by atoms with E-state index in [9.17, 15) is 0 Å². The fraction of sp³-hybridized carbons (Fsp3) is 0.263. The lowest BCUT2D eigenvalue weighted by Crippen LogP contribution is -2.00. The van der Waals surface area contributed by atoms with Crippen LogP contribution >= 0.6 is 23.1 Å². The van der Waals surface area contributed by atoms with E-state index in [4.69, 9.17) is 4.52 Å². The molecule has 0 aliphatic rings. The molecule has 4 aromatic rings. The van der Waals surface area contributed by atoms with E-state index in [1.165, 1.54) is 0 Å². The molecule has 0 aliphatic heterocycles. The lowest BCUT2D eigenvalue weighted by Gasteiger charge is -2.11. The average molecular weight is 398 g/mol. The van der Waals surface area contributed by atoms with Crippen molar-refractivity contribution in [3.05, 3.63) is 59.6 Å². The second-order valence-corrected chi connectivity index (χ2v) is 8.62. The number of nitrogens with zero attached hydrogens (tertiary/aromatic N) is 5. The van der Waals surface area contributed by atoms with Gasteiger partial charge >= 0.3 is 0 Å². The summed E-state index contributed by atoms with van der Waals surface area (Å²) in [5, 5.41) is 15.8. The first-order valence-corrected chi connectivity index (χ1v) is 10.4. The fourth-order valence-electron chi connectivity index (χ4n) is 2.58. The number of thioether (sulfide) groups is 1.